The molecule has 1 heterocycles. The third kappa shape index (κ3) is 5.64. The molecule has 0 unspecified atom stereocenters. The highest BCUT2D eigenvalue weighted by Gasteiger charge is 2.35. The number of hydrogen-bond donors (Lipinski definition) is 0. The van der Waals surface area contributed by atoms with Crippen molar-refractivity contribution in [1.82, 2.24) is 4.90 Å². The number of rotatable bonds is 8. The Balaban J connectivity index is 1.76. The Morgan fingerprint density at radius 1 is 1.13 bits per heavy atom. The summed E-state index contributed by atoms with van der Waals surface area (Å²) in [5.41, 5.74) is 1.23. The molecule has 1 aliphatic heterocycles. The maximum atomic E-state index is 13.1. The Morgan fingerprint density at radius 3 is 2.55 bits per heavy atom. The minimum absolute atomic E-state index is 0.0544. The molecule has 2 aromatic carbocycles. The fourth-order valence-corrected chi connectivity index (χ4v) is 3.63. The molecular formula is C22H20FNO6S. The Labute approximate surface area is 182 Å². The summed E-state index contributed by atoms with van der Waals surface area (Å²) >= 11 is 0.818. The Kier molecular flexibility index (Phi) is 7.30. The SMILES string of the molecule is CCOC(=O)COc1cc(/C=C2\SC(=O)N(Cc3ccc(F)cc3)C2=O)ccc1OC. The van der Waals surface area contributed by atoms with Crippen LogP contribution in [0.5, 0.6) is 11.5 Å². The maximum absolute atomic E-state index is 13.1. The van der Waals surface area contributed by atoms with Crippen molar-refractivity contribution in [2.75, 3.05) is 20.3 Å². The average Bonchev–Trinajstić information content (AvgIpc) is 3.01. The van der Waals surface area contributed by atoms with Gasteiger partial charge in [-0.15, -0.1) is 0 Å². The van der Waals surface area contributed by atoms with Crippen LogP contribution in [0.3, 0.4) is 0 Å². The number of carbonyl (C=O) groups is 3. The second-order valence-electron chi connectivity index (χ2n) is 6.40. The van der Waals surface area contributed by atoms with Gasteiger partial charge in [0.05, 0.1) is 25.2 Å². The van der Waals surface area contributed by atoms with Gasteiger partial charge in [-0.1, -0.05) is 18.2 Å². The number of benzene rings is 2. The van der Waals surface area contributed by atoms with Gasteiger partial charge in [0.1, 0.15) is 5.82 Å². The van der Waals surface area contributed by atoms with Gasteiger partial charge in [0.15, 0.2) is 18.1 Å². The Morgan fingerprint density at radius 2 is 1.87 bits per heavy atom. The Hall–Kier alpha value is -3.33. The van der Waals surface area contributed by atoms with Crippen LogP contribution >= 0.6 is 11.8 Å². The van der Waals surface area contributed by atoms with Crippen molar-refractivity contribution >= 4 is 35.0 Å². The molecule has 0 bridgehead atoms. The molecule has 0 spiro atoms. The van der Waals surface area contributed by atoms with E-state index in [0.717, 1.165) is 16.7 Å². The number of thioether (sulfide) groups is 1. The molecule has 0 saturated carbocycles. The lowest BCUT2D eigenvalue weighted by molar-refractivity contribution is -0.145. The third-order valence-electron chi connectivity index (χ3n) is 4.26. The summed E-state index contributed by atoms with van der Waals surface area (Å²) in [7, 11) is 1.47. The molecule has 162 valence electrons. The highest BCUT2D eigenvalue weighted by molar-refractivity contribution is 8.18. The number of imide groups is 1. The largest absolute Gasteiger partial charge is 0.493 e. The van der Waals surface area contributed by atoms with Crippen LogP contribution in [0.1, 0.15) is 18.1 Å². The minimum atomic E-state index is -0.517. The summed E-state index contributed by atoms with van der Waals surface area (Å²) < 4.78 is 28.6. The van der Waals surface area contributed by atoms with Crippen LogP contribution in [-0.4, -0.2) is 42.3 Å². The van der Waals surface area contributed by atoms with Gasteiger partial charge in [0.2, 0.25) is 0 Å². The molecule has 1 fully saturated rings. The molecular weight excluding hydrogens is 425 g/mol. The smallest absolute Gasteiger partial charge is 0.344 e. The zero-order chi connectivity index (χ0) is 22.4. The lowest BCUT2D eigenvalue weighted by atomic mass is 10.1. The third-order valence-corrected chi connectivity index (χ3v) is 5.17. The van der Waals surface area contributed by atoms with Crippen molar-refractivity contribution in [3.63, 3.8) is 0 Å². The number of carbonyl (C=O) groups excluding carboxylic acids is 3. The summed E-state index contributed by atoms with van der Waals surface area (Å²) in [4.78, 5) is 37.9. The second kappa shape index (κ2) is 10.1. The number of esters is 1. The predicted molar refractivity (Wildman–Crippen MR) is 113 cm³/mol. The normalized spacial score (nSPS) is 14.8. The fraction of sp³-hybridized carbons (Fsp3) is 0.227. The molecule has 1 saturated heterocycles. The molecule has 2 aromatic rings. The van der Waals surface area contributed by atoms with Crippen LogP contribution in [0.25, 0.3) is 6.08 Å². The van der Waals surface area contributed by atoms with Crippen LogP contribution in [-0.2, 0) is 20.9 Å². The standard InChI is InChI=1S/C22H20FNO6S/c1-3-29-20(25)13-30-18-10-15(6-9-17(18)28-2)11-19-21(26)24(22(27)31-19)12-14-4-7-16(23)8-5-14/h4-11H,3,12-13H2,1-2H3/b19-11-. The Bertz CT molecular complexity index is 1020. The molecule has 2 amide bonds. The van der Waals surface area contributed by atoms with Crippen LogP contribution in [0.4, 0.5) is 9.18 Å². The first-order chi connectivity index (χ1) is 14.9. The van der Waals surface area contributed by atoms with Crippen molar-refractivity contribution in [2.45, 2.75) is 13.5 Å². The molecule has 0 aliphatic carbocycles. The monoisotopic (exact) mass is 445 g/mol. The molecule has 7 nitrogen and oxygen atoms in total. The van der Waals surface area contributed by atoms with E-state index in [1.54, 1.807) is 31.2 Å². The molecule has 1 aliphatic rings. The predicted octanol–water partition coefficient (Wildman–Crippen LogP) is 4.01. The van der Waals surface area contributed by atoms with E-state index < -0.39 is 22.9 Å². The highest BCUT2D eigenvalue weighted by atomic mass is 32.2. The van der Waals surface area contributed by atoms with E-state index >= 15 is 0 Å². The quantitative estimate of drug-likeness (QED) is 0.448. The van der Waals surface area contributed by atoms with Gasteiger partial charge in [0.25, 0.3) is 11.1 Å². The molecule has 0 radical (unpaired) electrons. The summed E-state index contributed by atoms with van der Waals surface area (Å²) in [6.07, 6.45) is 1.56. The molecule has 0 atom stereocenters. The first-order valence-electron chi connectivity index (χ1n) is 9.37. The van der Waals surface area contributed by atoms with Gasteiger partial charge in [0, 0.05) is 0 Å². The first-order valence-corrected chi connectivity index (χ1v) is 10.2. The van der Waals surface area contributed by atoms with Gasteiger partial charge >= 0.3 is 5.97 Å². The van der Waals surface area contributed by atoms with E-state index in [1.165, 1.54) is 31.4 Å². The zero-order valence-corrected chi connectivity index (χ0v) is 17.7. The van der Waals surface area contributed by atoms with E-state index in [2.05, 4.69) is 0 Å². The van der Waals surface area contributed by atoms with Crippen LogP contribution < -0.4 is 9.47 Å². The van der Waals surface area contributed by atoms with E-state index in [-0.39, 0.29) is 24.7 Å². The zero-order valence-electron chi connectivity index (χ0n) is 16.9. The molecule has 0 aromatic heterocycles. The summed E-state index contributed by atoms with van der Waals surface area (Å²) in [5, 5.41) is -0.409. The van der Waals surface area contributed by atoms with Gasteiger partial charge in [-0.3, -0.25) is 14.5 Å². The van der Waals surface area contributed by atoms with Crippen molar-refractivity contribution < 1.29 is 33.0 Å². The number of amides is 2. The molecule has 31 heavy (non-hydrogen) atoms. The van der Waals surface area contributed by atoms with E-state index in [1.807, 2.05) is 0 Å². The van der Waals surface area contributed by atoms with E-state index in [9.17, 15) is 18.8 Å². The molecule has 9 heteroatoms. The number of ether oxygens (including phenoxy) is 3. The number of nitrogens with zero attached hydrogens (tertiary/aromatic N) is 1. The van der Waals surface area contributed by atoms with Gasteiger partial charge in [-0.25, -0.2) is 9.18 Å². The van der Waals surface area contributed by atoms with Crippen molar-refractivity contribution in [1.29, 1.82) is 0 Å². The van der Waals surface area contributed by atoms with Crippen molar-refractivity contribution in [2.24, 2.45) is 0 Å². The van der Waals surface area contributed by atoms with Crippen molar-refractivity contribution in [3.8, 4) is 11.5 Å². The first kappa shape index (κ1) is 22.4. The molecule has 3 rings (SSSR count). The van der Waals surface area contributed by atoms with Crippen molar-refractivity contribution in [3.05, 3.63) is 64.3 Å². The lowest BCUT2D eigenvalue weighted by Crippen LogP contribution is -2.27. The molecule has 0 N–H and O–H groups in total. The summed E-state index contributed by atoms with van der Waals surface area (Å²) in [6, 6.07) is 10.5. The number of halogens is 1. The van der Waals surface area contributed by atoms with Gasteiger partial charge in [-0.2, -0.15) is 0 Å². The summed E-state index contributed by atoms with van der Waals surface area (Å²) in [6.45, 7) is 1.70. The van der Waals surface area contributed by atoms with Crippen LogP contribution in [0, 0.1) is 5.82 Å². The van der Waals surface area contributed by atoms with Gasteiger partial charge < -0.3 is 14.2 Å². The van der Waals surface area contributed by atoms with Crippen LogP contribution in [0.2, 0.25) is 0 Å². The topological polar surface area (TPSA) is 82.1 Å². The fourth-order valence-electron chi connectivity index (χ4n) is 2.80. The minimum Gasteiger partial charge on any atom is -0.493 e. The number of methoxy groups -OCH3 is 1. The van der Waals surface area contributed by atoms with E-state index in [0.29, 0.717) is 22.6 Å². The van der Waals surface area contributed by atoms with E-state index in [4.69, 9.17) is 14.2 Å². The highest BCUT2D eigenvalue weighted by Crippen LogP contribution is 2.35. The lowest BCUT2D eigenvalue weighted by Gasteiger charge is -2.12. The van der Waals surface area contributed by atoms with Gasteiger partial charge in [-0.05, 0) is 60.2 Å². The maximum Gasteiger partial charge on any atom is 0.344 e. The van der Waals surface area contributed by atoms with Crippen LogP contribution in [0.15, 0.2) is 47.4 Å². The summed E-state index contributed by atoms with van der Waals surface area (Å²) in [5.74, 6) is -0.639. The number of hydrogen-bond acceptors (Lipinski definition) is 7. The average molecular weight is 445 g/mol. The second-order valence-corrected chi connectivity index (χ2v) is 7.39.